The minimum atomic E-state index is -2.04. The molecule has 1 aliphatic heterocycles. The highest BCUT2D eigenvalue weighted by molar-refractivity contribution is 6.99. The molecule has 0 aliphatic carbocycles. The third-order valence-electron chi connectivity index (χ3n) is 4.45. The van der Waals surface area contributed by atoms with Gasteiger partial charge in [0, 0.05) is 18.5 Å². The van der Waals surface area contributed by atoms with Crippen LogP contribution in [0.2, 0.25) is 10.4 Å². The predicted molar refractivity (Wildman–Crippen MR) is 108 cm³/mol. The fourth-order valence-corrected chi connectivity index (χ4v) is 3.25. The molecule has 11 heteroatoms. The van der Waals surface area contributed by atoms with Crippen molar-refractivity contribution < 1.29 is 4.74 Å². The van der Waals surface area contributed by atoms with E-state index in [1.54, 1.807) is 0 Å². The van der Waals surface area contributed by atoms with Crippen molar-refractivity contribution in [3.63, 3.8) is 0 Å². The summed E-state index contributed by atoms with van der Waals surface area (Å²) in [4.78, 5) is 2.17. The maximum atomic E-state index is 6.11. The van der Waals surface area contributed by atoms with E-state index in [2.05, 4.69) is 19.7 Å². The third kappa shape index (κ3) is 4.24. The van der Waals surface area contributed by atoms with E-state index in [0.29, 0.717) is 25.1 Å². The highest BCUT2D eigenvalue weighted by atomic mass is 32.1. The lowest BCUT2D eigenvalue weighted by atomic mass is 9.20. The molecule has 1 aromatic rings. The van der Waals surface area contributed by atoms with E-state index in [1.165, 1.54) is 0 Å². The lowest BCUT2D eigenvalue weighted by Gasteiger charge is -2.55. The summed E-state index contributed by atoms with van der Waals surface area (Å²) in [6, 6.07) is 0. The van der Waals surface area contributed by atoms with Crippen molar-refractivity contribution in [3.8, 4) is 5.88 Å². The van der Waals surface area contributed by atoms with Crippen LogP contribution in [0, 0.1) is 0 Å². The van der Waals surface area contributed by atoms with Crippen LogP contribution in [-0.4, -0.2) is 86.3 Å². The Morgan fingerprint density at radius 1 is 1.20 bits per heavy atom. The van der Waals surface area contributed by atoms with Gasteiger partial charge in [-0.25, -0.2) is 0 Å². The van der Waals surface area contributed by atoms with Gasteiger partial charge in [-0.3, -0.25) is 0 Å². The smallest absolute Gasteiger partial charge is 0.252 e. The van der Waals surface area contributed by atoms with Crippen molar-refractivity contribution in [2.75, 3.05) is 20.1 Å². The average molecular weight is 340 g/mol. The van der Waals surface area contributed by atoms with E-state index >= 15 is 0 Å². The molecule has 0 amide bonds. The van der Waals surface area contributed by atoms with E-state index in [1.807, 2.05) is 14.0 Å². The molecule has 0 spiro atoms. The number of ether oxygens (including phenoxy) is 1. The minimum absolute atomic E-state index is 0.170. The molecule has 0 atom stereocenters. The van der Waals surface area contributed by atoms with E-state index in [4.69, 9.17) is 51.8 Å². The largest absolute Gasteiger partial charge is 0.490 e. The van der Waals surface area contributed by atoms with E-state index in [9.17, 15) is 0 Å². The van der Waals surface area contributed by atoms with E-state index < -0.39 is 15.8 Å². The van der Waals surface area contributed by atoms with Crippen LogP contribution in [0.3, 0.4) is 0 Å². The average Bonchev–Trinajstić information content (AvgIpc) is 2.94. The standard InChI is InChI=1S/C14H17B6N3OS/c1-3-6-12(15,16)13(17,18)14(19,20)24-11-10(21-25-22-11)9-5-4-7-23(2)8-9/h5H,3-4,6-8H2,1-2H3. The molecule has 12 radical (unpaired) electrons. The van der Waals surface area contributed by atoms with Gasteiger partial charge in [0.05, 0.1) is 43.1 Å². The number of nitrogens with zero attached hydrogens (tertiary/aromatic N) is 3. The van der Waals surface area contributed by atoms with Crippen molar-refractivity contribution in [2.24, 2.45) is 0 Å². The Bertz CT molecular complexity index is 634. The Morgan fingerprint density at radius 3 is 2.48 bits per heavy atom. The molecule has 1 aliphatic rings. The summed E-state index contributed by atoms with van der Waals surface area (Å²) >= 11 is 0.991. The second-order valence-electron chi connectivity index (χ2n) is 6.73. The maximum Gasteiger partial charge on any atom is 0.252 e. The van der Waals surface area contributed by atoms with Gasteiger partial charge in [-0.1, -0.05) is 31.1 Å². The zero-order valence-electron chi connectivity index (χ0n) is 14.7. The van der Waals surface area contributed by atoms with Crippen molar-refractivity contribution in [2.45, 2.75) is 42.0 Å². The van der Waals surface area contributed by atoms with Gasteiger partial charge in [0.2, 0.25) is 0 Å². The van der Waals surface area contributed by atoms with Crippen LogP contribution < -0.4 is 4.74 Å². The van der Waals surface area contributed by atoms with E-state index in [-0.39, 0.29) is 5.88 Å². The zero-order valence-corrected chi connectivity index (χ0v) is 15.6. The lowest BCUT2D eigenvalue weighted by molar-refractivity contribution is 0.196. The molecular formula is C14H17B6N3OS. The summed E-state index contributed by atoms with van der Waals surface area (Å²) < 4.78 is 14.1. The summed E-state index contributed by atoms with van der Waals surface area (Å²) in [7, 11) is 38.5. The highest BCUT2D eigenvalue weighted by Crippen LogP contribution is 2.52. The summed E-state index contributed by atoms with van der Waals surface area (Å²) in [6.45, 7) is 3.59. The van der Waals surface area contributed by atoms with Crippen LogP contribution >= 0.6 is 11.7 Å². The predicted octanol–water partition coefficient (Wildman–Crippen LogP) is 0.333. The van der Waals surface area contributed by atoms with Gasteiger partial charge in [-0.2, -0.15) is 4.37 Å². The van der Waals surface area contributed by atoms with Crippen molar-refractivity contribution in [3.05, 3.63) is 11.8 Å². The Labute approximate surface area is 162 Å². The molecule has 0 saturated heterocycles. The molecule has 0 aromatic carbocycles. The molecule has 25 heavy (non-hydrogen) atoms. The van der Waals surface area contributed by atoms with Crippen molar-refractivity contribution in [1.82, 2.24) is 13.6 Å². The van der Waals surface area contributed by atoms with Crippen LogP contribution in [0.15, 0.2) is 6.08 Å². The van der Waals surface area contributed by atoms with E-state index in [0.717, 1.165) is 30.3 Å². The molecule has 2 heterocycles. The molecule has 0 bridgehead atoms. The van der Waals surface area contributed by atoms with Gasteiger partial charge in [0.25, 0.3) is 5.88 Å². The van der Waals surface area contributed by atoms with Crippen LogP contribution in [0.5, 0.6) is 5.88 Å². The molecule has 0 fully saturated rings. The van der Waals surface area contributed by atoms with Gasteiger partial charge in [0.1, 0.15) is 21.4 Å². The number of aromatic nitrogens is 2. The summed E-state index contributed by atoms with van der Waals surface area (Å²) in [5.74, 6) is 0.170. The number of rotatable bonds is 7. The summed E-state index contributed by atoms with van der Waals surface area (Å²) in [5, 5.41) is -5.48. The van der Waals surface area contributed by atoms with Crippen molar-refractivity contribution >= 4 is 64.4 Å². The molecule has 0 saturated carbocycles. The van der Waals surface area contributed by atoms with Gasteiger partial charge in [-0.05, 0) is 19.0 Å². The fourth-order valence-electron chi connectivity index (χ4n) is 2.74. The first-order valence-corrected chi connectivity index (χ1v) is 8.87. The first-order valence-electron chi connectivity index (χ1n) is 8.14. The van der Waals surface area contributed by atoms with Gasteiger partial charge in [0.15, 0.2) is 0 Å². The van der Waals surface area contributed by atoms with Crippen LogP contribution in [-0.2, 0) is 0 Å². The molecular weight excluding hydrogens is 323 g/mol. The van der Waals surface area contributed by atoms with Gasteiger partial charge >= 0.3 is 0 Å². The molecule has 4 nitrogen and oxygen atoms in total. The second-order valence-corrected chi connectivity index (χ2v) is 7.26. The summed E-state index contributed by atoms with van der Waals surface area (Å²) in [5.41, 5.74) is 1.55. The Balaban J connectivity index is 2.27. The topological polar surface area (TPSA) is 38.3 Å². The Kier molecular flexibility index (Phi) is 6.31. The third-order valence-corrected chi connectivity index (χ3v) is 4.96. The quantitative estimate of drug-likeness (QED) is 0.671. The maximum absolute atomic E-state index is 6.11. The second kappa shape index (κ2) is 7.59. The molecule has 1 aromatic heterocycles. The van der Waals surface area contributed by atoms with Crippen LogP contribution in [0.4, 0.5) is 0 Å². The number of hydrogen-bond acceptors (Lipinski definition) is 5. The van der Waals surface area contributed by atoms with Crippen molar-refractivity contribution in [1.29, 1.82) is 0 Å². The zero-order chi connectivity index (χ0) is 18.9. The molecule has 0 N–H and O–H groups in total. The number of likely N-dealkylation sites (N-methyl/N-ethyl adjacent to an activating group) is 1. The number of hydrogen-bond donors (Lipinski definition) is 0. The monoisotopic (exact) mass is 341 g/mol. The molecule has 118 valence electrons. The fraction of sp³-hybridized carbons (Fsp3) is 0.714. The molecule has 2 rings (SSSR count). The summed E-state index contributed by atoms with van der Waals surface area (Å²) in [6.07, 6.45) is 3.96. The van der Waals surface area contributed by atoms with Gasteiger partial charge in [-0.15, -0.1) is 9.59 Å². The molecule has 0 unspecified atom stereocenters. The minimum Gasteiger partial charge on any atom is -0.490 e. The lowest BCUT2D eigenvalue weighted by Crippen LogP contribution is -2.56. The normalized spacial score (nSPS) is 17.3. The Hall–Kier alpha value is -0.550. The van der Waals surface area contributed by atoms with Crippen LogP contribution in [0.1, 0.15) is 31.9 Å². The SMILES string of the molecule is [B]C([B])(CCC)C([B])([B])C([B])([B])Oc1nsnc1C1=CCCN(C)C1. The van der Waals surface area contributed by atoms with Crippen LogP contribution in [0.25, 0.3) is 5.57 Å². The Morgan fingerprint density at radius 2 is 1.88 bits per heavy atom. The van der Waals surface area contributed by atoms with Gasteiger partial charge < -0.3 is 9.64 Å². The first kappa shape index (κ1) is 20.8. The highest BCUT2D eigenvalue weighted by Gasteiger charge is 2.46. The first-order chi connectivity index (χ1) is 11.5.